The highest BCUT2D eigenvalue weighted by Gasteiger charge is 2.54. The van der Waals surface area contributed by atoms with Crippen LogP contribution in [0.1, 0.15) is 129 Å². The number of carbonyl (C=O) groups is 2. The molecule has 10 atom stereocenters. The van der Waals surface area contributed by atoms with Gasteiger partial charge in [-0.3, -0.25) is 23.2 Å². The molecule has 1 rings (SSSR count). The summed E-state index contributed by atoms with van der Waals surface area (Å²) in [4.78, 5) is 54.3. The van der Waals surface area contributed by atoms with Gasteiger partial charge in [-0.25, -0.2) is 9.13 Å². The van der Waals surface area contributed by atoms with E-state index in [-0.39, 0.29) is 25.7 Å². The van der Waals surface area contributed by atoms with E-state index < -0.39 is 95.7 Å². The van der Waals surface area contributed by atoms with Crippen molar-refractivity contribution in [2.24, 2.45) is 0 Å². The number of allylic oxidation sites excluding steroid dienone is 15. The van der Waals surface area contributed by atoms with Crippen molar-refractivity contribution in [1.82, 2.24) is 0 Å². The summed E-state index contributed by atoms with van der Waals surface area (Å²) in [7, 11) is -10.8. The molecule has 0 bridgehead atoms. The van der Waals surface area contributed by atoms with Crippen molar-refractivity contribution in [2.75, 3.05) is 13.2 Å². The number of esters is 2. The highest BCUT2D eigenvalue weighted by Crippen LogP contribution is 2.49. The van der Waals surface area contributed by atoms with Crippen molar-refractivity contribution < 1.29 is 87.1 Å². The number of hydrogen-bond acceptors (Lipinski definition) is 15. The molecule has 0 amide bonds. The number of unbranched alkanes of at least 4 members (excludes halogenated alkanes) is 6. The molecule has 404 valence electrons. The minimum absolute atomic E-state index is 0.0621. The maximum absolute atomic E-state index is 13.0. The average molecular weight is 1050 g/mol. The molecule has 0 aromatic carbocycles. The van der Waals surface area contributed by atoms with Crippen molar-refractivity contribution in [1.29, 1.82) is 0 Å². The summed E-state index contributed by atoms with van der Waals surface area (Å²) in [5.74, 6) is -1.55. The van der Waals surface area contributed by atoms with Crippen LogP contribution in [0.5, 0.6) is 0 Å². The molecule has 1 saturated carbocycles. The third-order valence-corrected chi connectivity index (χ3v) is 12.0. The van der Waals surface area contributed by atoms with Crippen LogP contribution in [0.15, 0.2) is 109 Å². The van der Waals surface area contributed by atoms with Gasteiger partial charge in [0, 0.05) is 12.8 Å². The monoisotopic (exact) mass is 1040 g/mol. The fraction of sp³-hybridized carbons (Fsp3) is 0.608. The van der Waals surface area contributed by atoms with Crippen molar-refractivity contribution >= 4 is 27.6 Å². The predicted molar refractivity (Wildman–Crippen MR) is 271 cm³/mol. The van der Waals surface area contributed by atoms with Crippen molar-refractivity contribution in [3.63, 3.8) is 0 Å². The molecule has 1 aliphatic carbocycles. The summed E-state index contributed by atoms with van der Waals surface area (Å²) in [6, 6.07) is 0. The predicted octanol–water partition coefficient (Wildman–Crippen LogP) is 7.67. The first kappa shape index (κ1) is 65.6. The second-order valence-corrected chi connectivity index (χ2v) is 19.5. The molecule has 9 N–H and O–H groups in total. The number of phosphoric ester groups is 2. The first-order valence-corrected chi connectivity index (χ1v) is 27.7. The number of rotatable bonds is 39. The third kappa shape index (κ3) is 34.6. The van der Waals surface area contributed by atoms with Crippen LogP contribution in [-0.2, 0) is 41.8 Å². The Morgan fingerprint density at radius 1 is 0.535 bits per heavy atom. The van der Waals surface area contributed by atoms with Crippen LogP contribution in [0.2, 0.25) is 0 Å². The van der Waals surface area contributed by atoms with Gasteiger partial charge in [0.1, 0.15) is 43.2 Å². The summed E-state index contributed by atoms with van der Waals surface area (Å²) in [6.45, 7) is 2.74. The maximum atomic E-state index is 13.0. The highest BCUT2D eigenvalue weighted by atomic mass is 31.2. The minimum Gasteiger partial charge on any atom is -0.462 e. The van der Waals surface area contributed by atoms with Crippen LogP contribution in [0, 0.1) is 0 Å². The van der Waals surface area contributed by atoms with E-state index in [1.165, 1.54) is 31.8 Å². The van der Waals surface area contributed by atoms with Crippen LogP contribution in [0.4, 0.5) is 0 Å². The summed E-state index contributed by atoms with van der Waals surface area (Å²) in [5.41, 5.74) is 0. The maximum Gasteiger partial charge on any atom is 0.472 e. The lowest BCUT2D eigenvalue weighted by atomic mass is 9.85. The normalized spacial score (nSPS) is 22.7. The largest absolute Gasteiger partial charge is 0.472 e. The highest BCUT2D eigenvalue weighted by molar-refractivity contribution is 7.47. The Labute approximate surface area is 420 Å². The van der Waals surface area contributed by atoms with E-state index in [4.69, 9.17) is 18.5 Å². The molecule has 0 heterocycles. The number of hydrogen-bond donors (Lipinski definition) is 9. The quantitative estimate of drug-likeness (QED) is 0.00938. The van der Waals surface area contributed by atoms with Crippen LogP contribution < -0.4 is 0 Å². The molecule has 0 aromatic rings. The Hall–Kier alpha value is -3.42. The Balaban J connectivity index is 2.75. The fourth-order valence-electron chi connectivity index (χ4n) is 6.61. The van der Waals surface area contributed by atoms with Gasteiger partial charge >= 0.3 is 27.6 Å². The van der Waals surface area contributed by atoms with E-state index in [1.807, 2.05) is 24.3 Å². The lowest BCUT2D eigenvalue weighted by molar-refractivity contribution is -0.216. The zero-order valence-electron chi connectivity index (χ0n) is 41.3. The summed E-state index contributed by atoms with van der Waals surface area (Å²) in [6.07, 6.45) is 30.9. The van der Waals surface area contributed by atoms with E-state index in [0.29, 0.717) is 19.3 Å². The molecular weight excluding hydrogens is 962 g/mol. The summed E-state index contributed by atoms with van der Waals surface area (Å²) >= 11 is 0. The molecule has 0 radical (unpaired) electrons. The molecular formula is C51H82O18P2. The van der Waals surface area contributed by atoms with Gasteiger partial charge in [-0.2, -0.15) is 0 Å². The zero-order chi connectivity index (χ0) is 52.8. The molecule has 0 saturated heterocycles. The van der Waals surface area contributed by atoms with Gasteiger partial charge in [0.2, 0.25) is 0 Å². The van der Waals surface area contributed by atoms with Gasteiger partial charge in [-0.1, -0.05) is 149 Å². The second-order valence-electron chi connectivity index (χ2n) is 16.9. The molecule has 20 heteroatoms. The average Bonchev–Trinajstić information content (AvgIpc) is 3.32. The van der Waals surface area contributed by atoms with Crippen molar-refractivity contribution in [3.05, 3.63) is 109 Å². The second kappa shape index (κ2) is 40.0. The van der Waals surface area contributed by atoms with E-state index in [0.717, 1.165) is 44.9 Å². The Bertz CT molecular complexity index is 1820. The van der Waals surface area contributed by atoms with Gasteiger partial charge < -0.3 is 54.8 Å². The molecule has 18 nitrogen and oxygen atoms in total. The van der Waals surface area contributed by atoms with Crippen LogP contribution in [0.25, 0.3) is 0 Å². The lowest BCUT2D eigenvalue weighted by Gasteiger charge is -2.43. The van der Waals surface area contributed by atoms with E-state index >= 15 is 0 Å². The number of aliphatic hydroxyl groups excluding tert-OH is 6. The van der Waals surface area contributed by atoms with Gasteiger partial charge in [-0.05, 0) is 77.0 Å². The third-order valence-electron chi connectivity index (χ3n) is 10.5. The molecule has 1 fully saturated rings. The van der Waals surface area contributed by atoms with E-state index in [2.05, 4.69) is 60.9 Å². The SMILES string of the molecule is CCCCC/C=C\C/C=C\C/C=C\C/C=C\C/C=C\CCC(=O)OC[C@H](COP(=O)(O)O[C@H]1C(O)C(O)C(O)[C@@H](OP(=O)(O)O)C1O)OC(=O)CCC[C@@H](O)\C=C/C=C/C=C/[C@@H](O)C/C=C\CCCCC. The molecule has 71 heavy (non-hydrogen) atoms. The van der Waals surface area contributed by atoms with Crippen molar-refractivity contribution in [2.45, 2.75) is 184 Å². The molecule has 1 aliphatic rings. The minimum atomic E-state index is -5.41. The van der Waals surface area contributed by atoms with Gasteiger partial charge in [0.25, 0.3) is 0 Å². The summed E-state index contributed by atoms with van der Waals surface area (Å²) in [5, 5.41) is 61.7. The van der Waals surface area contributed by atoms with Gasteiger partial charge in [0.05, 0.1) is 18.8 Å². The number of aliphatic hydroxyl groups is 6. The zero-order valence-corrected chi connectivity index (χ0v) is 43.1. The smallest absolute Gasteiger partial charge is 0.462 e. The lowest BCUT2D eigenvalue weighted by Crippen LogP contribution is -2.64. The fourth-order valence-corrected chi connectivity index (χ4v) is 8.15. The van der Waals surface area contributed by atoms with Crippen molar-refractivity contribution in [3.8, 4) is 0 Å². The topological polar surface area (TPSA) is 296 Å². The first-order chi connectivity index (χ1) is 33.9. The molecule has 0 aromatic heterocycles. The standard InChI is InChI=1S/C51H82O18P2/c1-3-5-7-9-11-12-13-14-15-16-17-18-19-20-21-22-23-25-31-37-44(54)65-39-43(40-66-71(63,64)69-51-48(58)46(56)47(57)50(49(51)59)68-70(60,61)62)67-45(55)38-32-36-42(53)35-30-27-26-29-34-41(52)33-28-24-10-8-6-4-2/h11-12,14-15,17-18,20-21,23-30,34-35,41-43,46-53,56-59H,3-10,13,16,19,22,31-33,36-40H2,1-2H3,(H,63,64)(H2,60,61,62)/b12-11-,15-14-,18-17-,21-20-,25-23-,27-26+,28-24-,34-29+,35-30-/t41-,42-,43+,46?,47?,48?,49?,50+,51-/m0/s1. The Morgan fingerprint density at radius 2 is 1.03 bits per heavy atom. The van der Waals surface area contributed by atoms with E-state index in [9.17, 15) is 64.0 Å². The molecule has 5 unspecified atom stereocenters. The van der Waals surface area contributed by atoms with Crippen LogP contribution >= 0.6 is 15.6 Å². The summed E-state index contributed by atoms with van der Waals surface area (Å²) < 4.78 is 49.1. The van der Waals surface area contributed by atoms with Gasteiger partial charge in [-0.15, -0.1) is 0 Å². The molecule has 0 aliphatic heterocycles. The Kier molecular flexibility index (Phi) is 37.0. The number of phosphoric acid groups is 2. The molecule has 0 spiro atoms. The first-order valence-electron chi connectivity index (χ1n) is 24.6. The van der Waals surface area contributed by atoms with E-state index in [1.54, 1.807) is 36.5 Å². The Morgan fingerprint density at radius 3 is 1.56 bits per heavy atom. The van der Waals surface area contributed by atoms with Crippen LogP contribution in [-0.4, -0.2) is 125 Å². The van der Waals surface area contributed by atoms with Crippen LogP contribution in [0.3, 0.4) is 0 Å². The van der Waals surface area contributed by atoms with Gasteiger partial charge in [0.15, 0.2) is 6.10 Å². The number of ether oxygens (including phenoxy) is 2. The number of carbonyl (C=O) groups excluding carboxylic acids is 2.